The fourth-order valence-corrected chi connectivity index (χ4v) is 3.32. The lowest BCUT2D eigenvalue weighted by Gasteiger charge is -2.15. The molecule has 1 aromatic heterocycles. The van der Waals surface area contributed by atoms with E-state index < -0.39 is 0 Å². The Hall–Kier alpha value is -3.34. The van der Waals surface area contributed by atoms with Gasteiger partial charge in [-0.3, -0.25) is 0 Å². The van der Waals surface area contributed by atoms with Crippen molar-refractivity contribution in [1.82, 2.24) is 9.97 Å². The van der Waals surface area contributed by atoms with Crippen LogP contribution in [0.5, 0.6) is 5.75 Å². The second-order valence-corrected chi connectivity index (χ2v) is 6.75. The van der Waals surface area contributed by atoms with Crippen LogP contribution in [0.4, 0.5) is 11.8 Å². The maximum absolute atomic E-state index is 6.07. The Morgan fingerprint density at radius 1 is 1.00 bits per heavy atom. The lowest BCUT2D eigenvalue weighted by Crippen LogP contribution is -2.20. The average molecular weight is 358 g/mol. The number of hydrogen-bond acceptors (Lipinski definition) is 5. The number of fused-ring (bicyclic) bond motifs is 2. The molecule has 0 aliphatic heterocycles. The molecule has 3 N–H and O–H groups in total. The van der Waals surface area contributed by atoms with E-state index in [-0.39, 0.29) is 6.04 Å². The van der Waals surface area contributed by atoms with Gasteiger partial charge in [0.25, 0.3) is 0 Å². The summed E-state index contributed by atoms with van der Waals surface area (Å²) in [6.45, 7) is 2.12. The van der Waals surface area contributed by atoms with Crippen molar-refractivity contribution in [2.45, 2.75) is 19.4 Å². The summed E-state index contributed by atoms with van der Waals surface area (Å²) >= 11 is 0. The summed E-state index contributed by atoms with van der Waals surface area (Å²) in [4.78, 5) is 8.96. The predicted molar refractivity (Wildman–Crippen MR) is 111 cm³/mol. The monoisotopic (exact) mass is 358 g/mol. The number of para-hydroxylation sites is 1. The number of nitrogens with two attached hydrogens (primary N) is 1. The molecule has 0 saturated carbocycles. The second kappa shape index (κ2) is 7.11. The van der Waals surface area contributed by atoms with Crippen molar-refractivity contribution in [3.05, 3.63) is 66.2 Å². The van der Waals surface area contributed by atoms with Crippen LogP contribution in [0.1, 0.15) is 12.5 Å². The zero-order valence-corrected chi connectivity index (χ0v) is 15.4. The van der Waals surface area contributed by atoms with E-state index in [0.29, 0.717) is 11.8 Å². The highest BCUT2D eigenvalue weighted by molar-refractivity contribution is 5.88. The number of ether oxygens (including phenoxy) is 1. The number of nitrogens with one attached hydrogen (secondary N) is 1. The average Bonchev–Trinajstić information content (AvgIpc) is 2.67. The fraction of sp³-hybridized carbons (Fsp3) is 0.182. The maximum Gasteiger partial charge on any atom is 0.225 e. The first-order chi connectivity index (χ1) is 13.1. The highest BCUT2D eigenvalue weighted by atomic mass is 16.5. The van der Waals surface area contributed by atoms with E-state index in [1.165, 1.54) is 16.3 Å². The number of nitrogen functional groups attached to an aromatic ring is 1. The number of rotatable bonds is 5. The molecule has 0 fully saturated rings. The summed E-state index contributed by atoms with van der Waals surface area (Å²) in [6, 6.07) is 20.5. The topological polar surface area (TPSA) is 73.1 Å². The van der Waals surface area contributed by atoms with Crippen molar-refractivity contribution in [2.24, 2.45) is 0 Å². The molecular weight excluding hydrogens is 336 g/mol. The van der Waals surface area contributed by atoms with Crippen LogP contribution in [-0.4, -0.2) is 23.1 Å². The summed E-state index contributed by atoms with van der Waals surface area (Å²) in [5.74, 6) is 1.93. The number of anilines is 2. The number of benzene rings is 3. The van der Waals surface area contributed by atoms with Crippen LogP contribution in [0.25, 0.3) is 21.7 Å². The predicted octanol–water partition coefficient (Wildman–Crippen LogP) is 4.42. The van der Waals surface area contributed by atoms with E-state index in [1.54, 1.807) is 7.11 Å². The first-order valence-electron chi connectivity index (χ1n) is 8.98. The Kier molecular flexibility index (Phi) is 4.50. The van der Waals surface area contributed by atoms with Crippen molar-refractivity contribution in [3.63, 3.8) is 0 Å². The Bertz CT molecular complexity index is 1110. The van der Waals surface area contributed by atoms with Crippen LogP contribution in [-0.2, 0) is 6.42 Å². The van der Waals surface area contributed by atoms with Gasteiger partial charge < -0.3 is 15.8 Å². The molecule has 5 nitrogen and oxygen atoms in total. The van der Waals surface area contributed by atoms with Gasteiger partial charge in [-0.05, 0) is 53.9 Å². The molecule has 0 amide bonds. The van der Waals surface area contributed by atoms with Gasteiger partial charge >= 0.3 is 0 Å². The largest absolute Gasteiger partial charge is 0.497 e. The van der Waals surface area contributed by atoms with Crippen molar-refractivity contribution in [2.75, 3.05) is 18.2 Å². The molecule has 27 heavy (non-hydrogen) atoms. The molecule has 0 aliphatic rings. The van der Waals surface area contributed by atoms with Crippen molar-refractivity contribution in [3.8, 4) is 5.75 Å². The molecule has 0 unspecified atom stereocenters. The standard InChI is InChI=1S/C22H22N4O/c1-14(24-22-25-20-6-4-3-5-19(20)21(23)26-22)11-15-7-8-17-13-18(27-2)10-9-16(17)12-15/h3-10,12-14H,11H2,1-2H3,(H3,23,24,25,26)/t14-/m1/s1. The zero-order valence-electron chi connectivity index (χ0n) is 15.4. The molecule has 4 rings (SSSR count). The Morgan fingerprint density at radius 3 is 2.63 bits per heavy atom. The third-order valence-corrected chi connectivity index (χ3v) is 4.66. The lowest BCUT2D eigenvalue weighted by atomic mass is 10.0. The van der Waals surface area contributed by atoms with E-state index in [4.69, 9.17) is 10.5 Å². The van der Waals surface area contributed by atoms with E-state index in [1.807, 2.05) is 36.4 Å². The quantitative estimate of drug-likeness (QED) is 0.552. The van der Waals surface area contributed by atoms with Gasteiger partial charge in [0.1, 0.15) is 11.6 Å². The summed E-state index contributed by atoms with van der Waals surface area (Å²) in [5, 5.41) is 6.61. The van der Waals surface area contributed by atoms with Crippen molar-refractivity contribution >= 4 is 33.4 Å². The summed E-state index contributed by atoms with van der Waals surface area (Å²) in [7, 11) is 1.69. The molecule has 5 heteroatoms. The Balaban J connectivity index is 1.52. The summed E-state index contributed by atoms with van der Waals surface area (Å²) in [5.41, 5.74) is 8.17. The maximum atomic E-state index is 6.07. The van der Waals surface area contributed by atoms with Crippen LogP contribution < -0.4 is 15.8 Å². The van der Waals surface area contributed by atoms with Gasteiger partial charge in [0.15, 0.2) is 0 Å². The third-order valence-electron chi connectivity index (χ3n) is 4.66. The molecule has 0 bridgehead atoms. The molecule has 0 saturated heterocycles. The van der Waals surface area contributed by atoms with E-state index in [9.17, 15) is 0 Å². The molecule has 136 valence electrons. The Morgan fingerprint density at radius 2 is 1.78 bits per heavy atom. The Labute approximate surface area is 158 Å². The first kappa shape index (κ1) is 17.1. The van der Waals surface area contributed by atoms with Gasteiger partial charge in [0.05, 0.1) is 12.6 Å². The third kappa shape index (κ3) is 3.62. The van der Waals surface area contributed by atoms with E-state index in [2.05, 4.69) is 46.5 Å². The molecule has 4 aromatic rings. The molecular formula is C22H22N4O. The van der Waals surface area contributed by atoms with Crippen LogP contribution in [0.3, 0.4) is 0 Å². The van der Waals surface area contributed by atoms with Crippen molar-refractivity contribution in [1.29, 1.82) is 0 Å². The van der Waals surface area contributed by atoms with Crippen LogP contribution in [0, 0.1) is 0 Å². The lowest BCUT2D eigenvalue weighted by molar-refractivity contribution is 0.415. The van der Waals surface area contributed by atoms with Crippen LogP contribution in [0.2, 0.25) is 0 Å². The molecule has 0 aliphatic carbocycles. The van der Waals surface area contributed by atoms with Crippen LogP contribution >= 0.6 is 0 Å². The zero-order chi connectivity index (χ0) is 18.8. The molecule has 0 spiro atoms. The van der Waals surface area contributed by atoms with Gasteiger partial charge in [-0.15, -0.1) is 0 Å². The molecule has 0 radical (unpaired) electrons. The van der Waals surface area contributed by atoms with Crippen LogP contribution in [0.15, 0.2) is 60.7 Å². The highest BCUT2D eigenvalue weighted by Gasteiger charge is 2.09. The number of aromatic nitrogens is 2. The van der Waals surface area contributed by atoms with Gasteiger partial charge in [-0.25, -0.2) is 4.98 Å². The van der Waals surface area contributed by atoms with Gasteiger partial charge in [-0.2, -0.15) is 4.98 Å². The smallest absolute Gasteiger partial charge is 0.225 e. The minimum absolute atomic E-state index is 0.168. The number of hydrogen-bond donors (Lipinski definition) is 2. The molecule has 1 atom stereocenters. The molecule has 3 aromatic carbocycles. The van der Waals surface area contributed by atoms with Gasteiger partial charge in [0.2, 0.25) is 5.95 Å². The normalized spacial score (nSPS) is 12.2. The van der Waals surface area contributed by atoms with E-state index >= 15 is 0 Å². The molecule has 1 heterocycles. The number of methoxy groups -OCH3 is 1. The number of nitrogens with zero attached hydrogens (tertiary/aromatic N) is 2. The highest BCUT2D eigenvalue weighted by Crippen LogP contribution is 2.23. The van der Waals surface area contributed by atoms with Gasteiger partial charge in [-0.1, -0.05) is 36.4 Å². The van der Waals surface area contributed by atoms with Gasteiger partial charge in [0, 0.05) is 11.4 Å². The minimum Gasteiger partial charge on any atom is -0.497 e. The van der Waals surface area contributed by atoms with Crippen molar-refractivity contribution < 1.29 is 4.74 Å². The second-order valence-electron chi connectivity index (χ2n) is 6.75. The SMILES string of the molecule is COc1ccc2cc(C[C@@H](C)Nc3nc(N)c4ccccc4n3)ccc2c1. The van der Waals surface area contributed by atoms with E-state index in [0.717, 1.165) is 23.1 Å². The fourth-order valence-electron chi connectivity index (χ4n) is 3.32. The summed E-state index contributed by atoms with van der Waals surface area (Å²) in [6.07, 6.45) is 0.859. The summed E-state index contributed by atoms with van der Waals surface area (Å²) < 4.78 is 5.29. The minimum atomic E-state index is 0.168. The first-order valence-corrected chi connectivity index (χ1v) is 8.98.